The van der Waals surface area contributed by atoms with Crippen LogP contribution in [0.1, 0.15) is 42.0 Å². The highest BCUT2D eigenvalue weighted by Gasteiger charge is 2.24. The summed E-state index contributed by atoms with van der Waals surface area (Å²) in [5.74, 6) is 0. The third-order valence-corrected chi connectivity index (χ3v) is 5.07. The minimum absolute atomic E-state index is 0.445. The zero-order valence-electron chi connectivity index (χ0n) is 12.1. The molecule has 1 aromatic rings. The van der Waals surface area contributed by atoms with E-state index in [4.69, 9.17) is 10.5 Å². The predicted octanol–water partition coefficient (Wildman–Crippen LogP) is 2.95. The van der Waals surface area contributed by atoms with Crippen LogP contribution in [0.25, 0.3) is 0 Å². The van der Waals surface area contributed by atoms with E-state index in [0.717, 1.165) is 45.5 Å². The molecular weight excluding hydrogens is 256 g/mol. The van der Waals surface area contributed by atoms with Crippen LogP contribution in [0.2, 0.25) is 0 Å². The minimum atomic E-state index is 0.445. The lowest BCUT2D eigenvalue weighted by Crippen LogP contribution is -2.38. The highest BCUT2D eigenvalue weighted by Crippen LogP contribution is 2.29. The normalized spacial score (nSPS) is 19.7. The van der Waals surface area contributed by atoms with Crippen molar-refractivity contribution in [1.29, 1.82) is 0 Å². The summed E-state index contributed by atoms with van der Waals surface area (Å²) >= 11 is 1.92. The summed E-state index contributed by atoms with van der Waals surface area (Å²) in [6.07, 6.45) is 3.73. The van der Waals surface area contributed by atoms with Gasteiger partial charge in [0.2, 0.25) is 0 Å². The Hall–Kier alpha value is -0.420. The van der Waals surface area contributed by atoms with E-state index < -0.39 is 0 Å². The van der Waals surface area contributed by atoms with Gasteiger partial charge in [-0.2, -0.15) is 0 Å². The first-order chi connectivity index (χ1) is 9.20. The molecule has 2 heterocycles. The van der Waals surface area contributed by atoms with Gasteiger partial charge in [-0.15, -0.1) is 11.3 Å². The van der Waals surface area contributed by atoms with Crippen molar-refractivity contribution >= 4 is 11.3 Å². The van der Waals surface area contributed by atoms with Crippen LogP contribution < -0.4 is 5.73 Å². The number of ether oxygens (including phenoxy) is 1. The van der Waals surface area contributed by atoms with E-state index in [1.165, 1.54) is 9.75 Å². The zero-order chi connectivity index (χ0) is 13.7. The molecule has 0 aromatic carbocycles. The second kappa shape index (κ2) is 7.39. The van der Waals surface area contributed by atoms with Crippen molar-refractivity contribution in [1.82, 2.24) is 4.90 Å². The van der Waals surface area contributed by atoms with Crippen molar-refractivity contribution in [2.45, 2.75) is 45.3 Å². The van der Waals surface area contributed by atoms with Crippen LogP contribution in [-0.2, 0) is 4.74 Å². The van der Waals surface area contributed by atoms with E-state index in [0.29, 0.717) is 12.1 Å². The molecule has 0 bridgehead atoms. The molecule has 1 aromatic heterocycles. The molecule has 0 amide bonds. The van der Waals surface area contributed by atoms with Gasteiger partial charge in [0, 0.05) is 35.5 Å². The number of hydrogen-bond donors (Lipinski definition) is 1. The molecule has 0 spiro atoms. The first-order valence-corrected chi connectivity index (χ1v) is 8.14. The number of nitrogens with two attached hydrogens (primary N) is 1. The van der Waals surface area contributed by atoms with E-state index in [9.17, 15) is 0 Å². The first kappa shape index (κ1) is 15.0. The Morgan fingerprint density at radius 2 is 2.16 bits per heavy atom. The smallest absolute Gasteiger partial charge is 0.0599 e. The predicted molar refractivity (Wildman–Crippen MR) is 81.7 cm³/mol. The molecule has 1 atom stereocenters. The molecule has 1 aliphatic rings. The lowest BCUT2D eigenvalue weighted by molar-refractivity contribution is -0.000433. The van der Waals surface area contributed by atoms with Crippen LogP contribution in [0.5, 0.6) is 0 Å². The van der Waals surface area contributed by atoms with Crippen LogP contribution in [0.15, 0.2) is 12.1 Å². The van der Waals surface area contributed by atoms with Crippen molar-refractivity contribution in [2.75, 3.05) is 26.2 Å². The van der Waals surface area contributed by atoms with Crippen molar-refractivity contribution in [3.8, 4) is 0 Å². The van der Waals surface area contributed by atoms with Gasteiger partial charge in [0.05, 0.1) is 6.10 Å². The number of thiophene rings is 1. The highest BCUT2D eigenvalue weighted by molar-refractivity contribution is 7.12. The second-order valence-electron chi connectivity index (χ2n) is 5.37. The van der Waals surface area contributed by atoms with Crippen LogP contribution in [0.4, 0.5) is 0 Å². The lowest BCUT2D eigenvalue weighted by Gasteiger charge is -2.35. The van der Waals surface area contributed by atoms with Crippen LogP contribution in [0.3, 0.4) is 0 Å². The van der Waals surface area contributed by atoms with Gasteiger partial charge in [0.1, 0.15) is 0 Å². The van der Waals surface area contributed by atoms with Crippen molar-refractivity contribution in [2.24, 2.45) is 5.73 Å². The summed E-state index contributed by atoms with van der Waals surface area (Å²) in [5, 5.41) is 0. The maximum atomic E-state index is 5.86. The SMILES string of the molecule is Cc1ccc(C(C)N2CCC(OCCCN)CC2)s1. The summed E-state index contributed by atoms with van der Waals surface area (Å²) < 4.78 is 5.86. The molecule has 1 saturated heterocycles. The van der Waals surface area contributed by atoms with Gasteiger partial charge >= 0.3 is 0 Å². The first-order valence-electron chi connectivity index (χ1n) is 7.32. The quantitative estimate of drug-likeness (QED) is 0.815. The average Bonchev–Trinajstić information content (AvgIpc) is 2.86. The summed E-state index contributed by atoms with van der Waals surface area (Å²) in [4.78, 5) is 5.47. The Balaban J connectivity index is 1.76. The summed E-state index contributed by atoms with van der Waals surface area (Å²) in [6, 6.07) is 5.04. The third kappa shape index (κ3) is 4.28. The Kier molecular flexibility index (Phi) is 5.82. The molecule has 0 saturated carbocycles. The van der Waals surface area contributed by atoms with Gasteiger partial charge in [0.15, 0.2) is 0 Å². The Morgan fingerprint density at radius 3 is 2.74 bits per heavy atom. The number of piperidine rings is 1. The van der Waals surface area contributed by atoms with Crippen molar-refractivity contribution in [3.05, 3.63) is 21.9 Å². The molecule has 0 aliphatic carbocycles. The van der Waals surface area contributed by atoms with Gasteiger partial charge < -0.3 is 10.5 Å². The van der Waals surface area contributed by atoms with E-state index in [2.05, 4.69) is 30.9 Å². The standard InChI is InChI=1S/C15H26N2OS/c1-12-4-5-15(19-12)13(2)17-9-6-14(7-10-17)18-11-3-8-16/h4-5,13-14H,3,6-11,16H2,1-2H3. The topological polar surface area (TPSA) is 38.5 Å². The molecule has 3 nitrogen and oxygen atoms in total. The molecule has 19 heavy (non-hydrogen) atoms. The number of hydrogen-bond acceptors (Lipinski definition) is 4. The van der Waals surface area contributed by atoms with Crippen LogP contribution >= 0.6 is 11.3 Å². The van der Waals surface area contributed by atoms with Crippen LogP contribution in [-0.4, -0.2) is 37.2 Å². The maximum absolute atomic E-state index is 5.86. The fourth-order valence-electron chi connectivity index (χ4n) is 2.62. The molecule has 1 fully saturated rings. The van der Waals surface area contributed by atoms with Gasteiger partial charge in [-0.05, 0) is 51.8 Å². The second-order valence-corrected chi connectivity index (χ2v) is 6.69. The number of rotatable bonds is 6. The Labute approximate surface area is 120 Å². The van der Waals surface area contributed by atoms with Gasteiger partial charge in [-0.1, -0.05) is 0 Å². The van der Waals surface area contributed by atoms with E-state index in [-0.39, 0.29) is 0 Å². The molecular formula is C15H26N2OS. The molecule has 2 rings (SSSR count). The molecule has 0 radical (unpaired) electrons. The average molecular weight is 282 g/mol. The molecule has 1 aliphatic heterocycles. The fraction of sp³-hybridized carbons (Fsp3) is 0.733. The molecule has 4 heteroatoms. The van der Waals surface area contributed by atoms with Gasteiger partial charge in [0.25, 0.3) is 0 Å². The van der Waals surface area contributed by atoms with Crippen molar-refractivity contribution in [3.63, 3.8) is 0 Å². The highest BCUT2D eigenvalue weighted by atomic mass is 32.1. The Bertz CT molecular complexity index is 372. The molecule has 2 N–H and O–H groups in total. The lowest BCUT2D eigenvalue weighted by atomic mass is 10.1. The summed E-state index contributed by atoms with van der Waals surface area (Å²) in [5.41, 5.74) is 5.49. The summed E-state index contributed by atoms with van der Waals surface area (Å²) in [7, 11) is 0. The fourth-order valence-corrected chi connectivity index (χ4v) is 3.58. The van der Waals surface area contributed by atoms with Crippen molar-refractivity contribution < 1.29 is 4.74 Å². The monoisotopic (exact) mass is 282 g/mol. The molecule has 1 unspecified atom stereocenters. The van der Waals surface area contributed by atoms with E-state index >= 15 is 0 Å². The number of aryl methyl sites for hydroxylation is 1. The van der Waals surface area contributed by atoms with Crippen LogP contribution in [0, 0.1) is 6.92 Å². The Morgan fingerprint density at radius 1 is 1.42 bits per heavy atom. The van der Waals surface area contributed by atoms with Gasteiger partial charge in [-0.3, -0.25) is 4.90 Å². The number of likely N-dealkylation sites (tertiary alicyclic amines) is 1. The molecule has 108 valence electrons. The maximum Gasteiger partial charge on any atom is 0.0599 e. The van der Waals surface area contributed by atoms with E-state index in [1.54, 1.807) is 0 Å². The van der Waals surface area contributed by atoms with Gasteiger partial charge in [-0.25, -0.2) is 0 Å². The summed E-state index contributed by atoms with van der Waals surface area (Å²) in [6.45, 7) is 8.34. The minimum Gasteiger partial charge on any atom is -0.378 e. The number of nitrogens with zero attached hydrogens (tertiary/aromatic N) is 1. The third-order valence-electron chi connectivity index (χ3n) is 3.90. The van der Waals surface area contributed by atoms with E-state index in [1.807, 2.05) is 11.3 Å². The largest absolute Gasteiger partial charge is 0.378 e. The zero-order valence-corrected chi connectivity index (χ0v) is 12.9.